The van der Waals surface area contributed by atoms with Crippen molar-refractivity contribution < 1.29 is 23.8 Å². The lowest BCUT2D eigenvalue weighted by molar-refractivity contribution is -0.125. The van der Waals surface area contributed by atoms with E-state index >= 15 is 0 Å². The minimum atomic E-state index is -0.477. The molecule has 2 aliphatic carbocycles. The summed E-state index contributed by atoms with van der Waals surface area (Å²) < 4.78 is 16.6. The van der Waals surface area contributed by atoms with E-state index in [0.717, 1.165) is 76.9 Å². The van der Waals surface area contributed by atoms with E-state index < -0.39 is 5.97 Å². The quantitative estimate of drug-likeness (QED) is 0.414. The predicted octanol–water partition coefficient (Wildman–Crippen LogP) is 5.94. The number of allylic oxidation sites excluding steroid dienone is 1. The smallest absolute Gasteiger partial charge is 0.339 e. The molecular weight excluding hydrogens is 492 g/mol. The maximum atomic E-state index is 13.6. The Morgan fingerprint density at radius 1 is 1.05 bits per heavy atom. The second kappa shape index (κ2) is 10.7. The molecule has 7 nitrogen and oxygen atoms in total. The topological polar surface area (TPSA) is 86.8 Å². The zero-order valence-corrected chi connectivity index (χ0v) is 22.5. The van der Waals surface area contributed by atoms with E-state index in [1.807, 2.05) is 42.5 Å². The number of benzene rings is 2. The molecule has 39 heavy (non-hydrogen) atoms. The summed E-state index contributed by atoms with van der Waals surface area (Å²) in [7, 11) is 0. The number of carbonyl (C=O) groups is 2. The van der Waals surface area contributed by atoms with Crippen molar-refractivity contribution in [3.05, 3.63) is 64.8 Å². The number of hydrogen-bond donors (Lipinski definition) is 1. The fraction of sp³-hybridized carbons (Fsp3) is 0.406. The molecule has 1 aliphatic heterocycles. The number of carbonyl (C=O) groups excluding carboxylic acids is 2. The van der Waals surface area contributed by atoms with E-state index in [2.05, 4.69) is 25.2 Å². The van der Waals surface area contributed by atoms with Gasteiger partial charge < -0.3 is 19.5 Å². The summed E-state index contributed by atoms with van der Waals surface area (Å²) >= 11 is 0. The highest BCUT2D eigenvalue weighted by molar-refractivity contribution is 6.07. The Kier molecular flexibility index (Phi) is 6.98. The van der Waals surface area contributed by atoms with Crippen molar-refractivity contribution in [1.82, 2.24) is 10.3 Å². The molecule has 1 amide bonds. The summed E-state index contributed by atoms with van der Waals surface area (Å²) in [5.41, 5.74) is 5.00. The van der Waals surface area contributed by atoms with Gasteiger partial charge in [0.05, 0.1) is 16.8 Å². The van der Waals surface area contributed by atoms with Crippen molar-refractivity contribution >= 4 is 34.4 Å². The Bertz CT molecular complexity index is 1460. The number of aromatic nitrogens is 1. The summed E-state index contributed by atoms with van der Waals surface area (Å²) in [6.07, 6.45) is 7.83. The lowest BCUT2D eigenvalue weighted by Crippen LogP contribution is -2.45. The summed E-state index contributed by atoms with van der Waals surface area (Å²) in [5, 5.41) is 3.85. The van der Waals surface area contributed by atoms with Gasteiger partial charge in [-0.3, -0.25) is 4.79 Å². The van der Waals surface area contributed by atoms with E-state index in [0.29, 0.717) is 17.4 Å². The van der Waals surface area contributed by atoms with Crippen molar-refractivity contribution in [3.63, 3.8) is 0 Å². The number of amides is 1. The number of hydrogen-bond acceptors (Lipinski definition) is 6. The highest BCUT2D eigenvalue weighted by Crippen LogP contribution is 2.38. The van der Waals surface area contributed by atoms with Crippen LogP contribution in [0.2, 0.25) is 0 Å². The largest absolute Gasteiger partial charge is 0.454 e. The van der Waals surface area contributed by atoms with Gasteiger partial charge in [0.25, 0.3) is 5.91 Å². The second-order valence-electron chi connectivity index (χ2n) is 11.0. The van der Waals surface area contributed by atoms with Crippen LogP contribution in [0.25, 0.3) is 22.6 Å². The van der Waals surface area contributed by atoms with Crippen molar-refractivity contribution in [1.29, 1.82) is 0 Å². The van der Waals surface area contributed by atoms with Gasteiger partial charge >= 0.3 is 5.97 Å². The highest BCUT2D eigenvalue weighted by Gasteiger charge is 2.29. The highest BCUT2D eigenvalue weighted by atomic mass is 16.7. The van der Waals surface area contributed by atoms with Crippen molar-refractivity contribution in [2.45, 2.75) is 58.4 Å². The Balaban J connectivity index is 1.28. The number of nitrogens with zero attached hydrogens (tertiary/aromatic N) is 1. The summed E-state index contributed by atoms with van der Waals surface area (Å²) in [6.45, 7) is 4.36. The van der Waals surface area contributed by atoms with Gasteiger partial charge in [0, 0.05) is 11.4 Å². The maximum Gasteiger partial charge on any atom is 0.339 e. The van der Waals surface area contributed by atoms with Gasteiger partial charge in [0.1, 0.15) is 0 Å². The average Bonchev–Trinajstić information content (AvgIpc) is 3.41. The lowest BCUT2D eigenvalue weighted by atomic mass is 9.78. The number of nitrogens with one attached hydrogen (secondary N) is 1. The fourth-order valence-electron chi connectivity index (χ4n) is 6.15. The standard InChI is InChI=1S/C32H34N2O5/c1-19-7-5-12-25(20(19)2)33-29(35)17-37-32(36)30-23-9-3-4-11-26(23)34-31-22(8-6-10-24(30)31)15-21-13-14-27-28(16-21)39-18-38-27/h3-4,9,11,13-16,19-20,25H,5-8,10,12,17-18H2,1-2H3,(H,33,35)/b22-15-/t19-,20+,25+/m0/s1. The van der Waals surface area contributed by atoms with Gasteiger partial charge in [-0.1, -0.05) is 51.0 Å². The van der Waals surface area contributed by atoms with E-state index in [-0.39, 0.29) is 25.3 Å². The summed E-state index contributed by atoms with van der Waals surface area (Å²) in [6, 6.07) is 13.6. The van der Waals surface area contributed by atoms with Gasteiger partial charge in [-0.2, -0.15) is 0 Å². The molecule has 0 unspecified atom stereocenters. The van der Waals surface area contributed by atoms with Gasteiger partial charge in [0.15, 0.2) is 18.1 Å². The van der Waals surface area contributed by atoms with Crippen LogP contribution in [-0.4, -0.2) is 36.3 Å². The summed E-state index contributed by atoms with van der Waals surface area (Å²) in [4.78, 5) is 31.3. The van der Waals surface area contributed by atoms with Crippen LogP contribution in [0.15, 0.2) is 42.5 Å². The molecule has 1 aromatic heterocycles. The van der Waals surface area contributed by atoms with Crippen LogP contribution in [0.3, 0.4) is 0 Å². The molecule has 2 aromatic carbocycles. The first-order valence-corrected chi connectivity index (χ1v) is 14.0. The third-order valence-corrected chi connectivity index (χ3v) is 8.50. The van der Waals surface area contributed by atoms with Gasteiger partial charge in [-0.15, -0.1) is 0 Å². The first kappa shape index (κ1) is 25.4. The Labute approximate surface area is 228 Å². The van der Waals surface area contributed by atoms with Gasteiger partial charge in [0.2, 0.25) is 6.79 Å². The third kappa shape index (κ3) is 5.10. The van der Waals surface area contributed by atoms with Crippen LogP contribution in [0.4, 0.5) is 0 Å². The molecule has 0 radical (unpaired) electrons. The molecule has 2 heterocycles. The van der Waals surface area contributed by atoms with Gasteiger partial charge in [-0.25, -0.2) is 9.78 Å². The van der Waals surface area contributed by atoms with Crippen molar-refractivity contribution in [3.8, 4) is 11.5 Å². The number of esters is 1. The number of para-hydroxylation sites is 1. The van der Waals surface area contributed by atoms with Crippen LogP contribution in [-0.2, 0) is 16.0 Å². The zero-order valence-electron chi connectivity index (χ0n) is 22.5. The van der Waals surface area contributed by atoms with Crippen LogP contribution >= 0.6 is 0 Å². The molecule has 1 saturated carbocycles. The minimum Gasteiger partial charge on any atom is -0.454 e. The molecule has 0 bridgehead atoms. The van der Waals surface area contributed by atoms with Gasteiger partial charge in [-0.05, 0) is 78.5 Å². The first-order valence-electron chi connectivity index (χ1n) is 14.0. The second-order valence-corrected chi connectivity index (χ2v) is 11.0. The molecular formula is C32H34N2O5. The molecule has 1 N–H and O–H groups in total. The predicted molar refractivity (Wildman–Crippen MR) is 150 cm³/mol. The Morgan fingerprint density at radius 2 is 1.90 bits per heavy atom. The molecule has 3 aliphatic rings. The molecule has 3 atom stereocenters. The van der Waals surface area contributed by atoms with Crippen molar-refractivity contribution in [2.75, 3.05) is 13.4 Å². The average molecular weight is 527 g/mol. The van der Waals surface area contributed by atoms with Crippen LogP contribution in [0.5, 0.6) is 11.5 Å². The molecule has 6 rings (SSSR count). The van der Waals surface area contributed by atoms with E-state index in [9.17, 15) is 9.59 Å². The van der Waals surface area contributed by atoms with E-state index in [4.69, 9.17) is 19.2 Å². The zero-order chi connectivity index (χ0) is 26.9. The lowest BCUT2D eigenvalue weighted by Gasteiger charge is -2.34. The fourth-order valence-corrected chi connectivity index (χ4v) is 6.15. The molecule has 7 heteroatoms. The number of rotatable bonds is 5. The number of pyridine rings is 1. The number of ether oxygens (including phenoxy) is 3. The Hall–Kier alpha value is -3.87. The molecule has 0 saturated heterocycles. The van der Waals surface area contributed by atoms with Crippen LogP contribution in [0, 0.1) is 11.8 Å². The minimum absolute atomic E-state index is 0.123. The Morgan fingerprint density at radius 3 is 2.79 bits per heavy atom. The molecule has 202 valence electrons. The SMILES string of the molecule is C[C@@H]1[C@@H](C)CCC[C@H]1NC(=O)COC(=O)c1c2c(nc3ccccc13)/C(=C\c1ccc3c(c1)OCO3)CCC2. The number of fused-ring (bicyclic) bond motifs is 3. The molecule has 3 aromatic rings. The first-order chi connectivity index (χ1) is 19.0. The molecule has 1 fully saturated rings. The van der Waals surface area contributed by atoms with E-state index in [1.54, 1.807) is 0 Å². The summed E-state index contributed by atoms with van der Waals surface area (Å²) in [5.74, 6) is 1.73. The third-order valence-electron chi connectivity index (χ3n) is 8.50. The van der Waals surface area contributed by atoms with Crippen molar-refractivity contribution in [2.24, 2.45) is 11.8 Å². The monoisotopic (exact) mass is 526 g/mol. The maximum absolute atomic E-state index is 13.6. The van der Waals surface area contributed by atoms with E-state index in [1.165, 1.54) is 6.42 Å². The van der Waals surface area contributed by atoms with Crippen LogP contribution < -0.4 is 14.8 Å². The normalized spacial score (nSPS) is 22.9. The van der Waals surface area contributed by atoms with Crippen LogP contribution in [0.1, 0.15) is 73.1 Å². The molecule has 0 spiro atoms.